The van der Waals surface area contributed by atoms with Crippen molar-refractivity contribution in [3.05, 3.63) is 30.1 Å². The lowest BCUT2D eigenvalue weighted by molar-refractivity contribution is 0.130. The lowest BCUT2D eigenvalue weighted by Crippen LogP contribution is -2.38. The van der Waals surface area contributed by atoms with Gasteiger partial charge in [0.05, 0.1) is 24.2 Å². The number of nitrogens with one attached hydrogen (secondary N) is 3. The average Bonchev–Trinajstić information content (AvgIpc) is 3.00. The van der Waals surface area contributed by atoms with Crippen molar-refractivity contribution in [3.63, 3.8) is 0 Å². The molecule has 0 radical (unpaired) electrons. The van der Waals surface area contributed by atoms with Gasteiger partial charge in [-0.2, -0.15) is 0 Å². The largest absolute Gasteiger partial charge is 0.380 e. The molecule has 138 valence electrons. The number of hydrogen-bond donors (Lipinski definition) is 3. The fourth-order valence-corrected chi connectivity index (χ4v) is 2.41. The van der Waals surface area contributed by atoms with E-state index in [9.17, 15) is 0 Å². The van der Waals surface area contributed by atoms with Crippen LogP contribution in [0.15, 0.2) is 29.3 Å². The van der Waals surface area contributed by atoms with Crippen molar-refractivity contribution in [2.24, 2.45) is 10.9 Å². The van der Waals surface area contributed by atoms with Crippen LogP contribution in [0.1, 0.15) is 33.0 Å². The van der Waals surface area contributed by atoms with Crippen LogP contribution in [0.3, 0.4) is 0 Å². The van der Waals surface area contributed by atoms with Gasteiger partial charge in [-0.3, -0.25) is 4.99 Å². The van der Waals surface area contributed by atoms with Gasteiger partial charge in [0.1, 0.15) is 5.82 Å². The Kier molecular flexibility index (Phi) is 8.25. The van der Waals surface area contributed by atoms with Crippen LogP contribution in [0.5, 0.6) is 0 Å². The Labute approximate surface area is 150 Å². The van der Waals surface area contributed by atoms with Gasteiger partial charge in [-0.1, -0.05) is 26.0 Å². The molecule has 2 rings (SSSR count). The molecule has 0 saturated carbocycles. The van der Waals surface area contributed by atoms with Crippen LogP contribution in [0.4, 0.5) is 0 Å². The minimum Gasteiger partial charge on any atom is -0.380 e. The van der Waals surface area contributed by atoms with E-state index in [1.54, 1.807) is 0 Å². The molecule has 1 heterocycles. The molecule has 25 heavy (non-hydrogen) atoms. The molecule has 0 fully saturated rings. The number of aromatic nitrogens is 2. The van der Waals surface area contributed by atoms with Crippen molar-refractivity contribution in [1.29, 1.82) is 0 Å². The van der Waals surface area contributed by atoms with Crippen molar-refractivity contribution < 1.29 is 4.74 Å². The monoisotopic (exact) mass is 345 g/mol. The first-order valence-electron chi connectivity index (χ1n) is 9.22. The summed E-state index contributed by atoms with van der Waals surface area (Å²) in [6.07, 6.45) is 1.92. The lowest BCUT2D eigenvalue weighted by Gasteiger charge is -2.11. The van der Waals surface area contributed by atoms with Crippen LogP contribution in [0.25, 0.3) is 11.0 Å². The third kappa shape index (κ3) is 7.13. The van der Waals surface area contributed by atoms with Crippen LogP contribution in [-0.2, 0) is 11.2 Å². The predicted molar refractivity (Wildman–Crippen MR) is 104 cm³/mol. The number of ether oxygens (including phenoxy) is 1. The van der Waals surface area contributed by atoms with Crippen molar-refractivity contribution in [2.45, 2.75) is 33.6 Å². The van der Waals surface area contributed by atoms with Crippen molar-refractivity contribution >= 4 is 17.0 Å². The molecule has 0 aliphatic rings. The number of benzene rings is 1. The second-order valence-corrected chi connectivity index (χ2v) is 6.43. The second kappa shape index (κ2) is 10.7. The third-order valence-corrected chi connectivity index (χ3v) is 3.78. The minimum absolute atomic E-state index is 0.660. The van der Waals surface area contributed by atoms with Crippen molar-refractivity contribution in [3.8, 4) is 0 Å². The Morgan fingerprint density at radius 3 is 2.84 bits per heavy atom. The number of aliphatic imine (C=N–C) groups is 1. The van der Waals surface area contributed by atoms with Gasteiger partial charge in [-0.25, -0.2) is 4.98 Å². The number of nitrogens with zero attached hydrogens (tertiary/aromatic N) is 2. The molecule has 0 saturated heterocycles. The van der Waals surface area contributed by atoms with Gasteiger partial charge < -0.3 is 20.4 Å². The number of para-hydroxylation sites is 2. The summed E-state index contributed by atoms with van der Waals surface area (Å²) < 4.78 is 5.60. The summed E-state index contributed by atoms with van der Waals surface area (Å²) in [7, 11) is 0. The molecule has 0 aliphatic carbocycles. The van der Waals surface area contributed by atoms with Crippen LogP contribution in [-0.4, -0.2) is 48.8 Å². The fourth-order valence-electron chi connectivity index (χ4n) is 2.41. The standard InChI is InChI=1S/C19H31N5O/c1-4-20-19(22-12-14-25-13-10-15(2)3)21-11-9-18-23-16-7-5-6-8-17(16)24-18/h5-8,15H,4,9-14H2,1-3H3,(H,23,24)(H2,20,21,22). The predicted octanol–water partition coefficient (Wildman–Crippen LogP) is 2.72. The Morgan fingerprint density at radius 1 is 1.24 bits per heavy atom. The van der Waals surface area contributed by atoms with Gasteiger partial charge in [0.25, 0.3) is 0 Å². The van der Waals surface area contributed by atoms with E-state index in [4.69, 9.17) is 4.74 Å². The molecule has 2 aromatic rings. The van der Waals surface area contributed by atoms with Gasteiger partial charge in [0.2, 0.25) is 0 Å². The molecule has 1 aromatic heterocycles. The summed E-state index contributed by atoms with van der Waals surface area (Å²) in [5.74, 6) is 2.49. The summed E-state index contributed by atoms with van der Waals surface area (Å²) in [6, 6.07) is 8.09. The Bertz CT molecular complexity index is 617. The van der Waals surface area contributed by atoms with Gasteiger partial charge in [-0.15, -0.1) is 0 Å². The maximum Gasteiger partial charge on any atom is 0.191 e. The van der Waals surface area contributed by atoms with Gasteiger partial charge in [0, 0.05) is 26.1 Å². The number of fused-ring (bicyclic) bond motifs is 1. The van der Waals surface area contributed by atoms with E-state index < -0.39 is 0 Å². The van der Waals surface area contributed by atoms with E-state index in [1.807, 2.05) is 24.3 Å². The molecule has 6 nitrogen and oxygen atoms in total. The summed E-state index contributed by atoms with van der Waals surface area (Å²) in [5.41, 5.74) is 2.09. The highest BCUT2D eigenvalue weighted by molar-refractivity contribution is 5.79. The number of hydrogen-bond acceptors (Lipinski definition) is 3. The molecule has 3 N–H and O–H groups in total. The minimum atomic E-state index is 0.660. The number of H-pyrrole nitrogens is 1. The molecule has 0 bridgehead atoms. The smallest absolute Gasteiger partial charge is 0.191 e. The van der Waals surface area contributed by atoms with E-state index >= 15 is 0 Å². The Balaban J connectivity index is 1.71. The molecule has 0 spiro atoms. The number of aromatic amines is 1. The quantitative estimate of drug-likeness (QED) is 0.352. The van der Waals surface area contributed by atoms with Gasteiger partial charge in [0.15, 0.2) is 5.96 Å². The van der Waals surface area contributed by atoms with Gasteiger partial charge in [-0.05, 0) is 31.4 Å². The first-order valence-corrected chi connectivity index (χ1v) is 9.22. The molecular formula is C19H31N5O. The molecule has 1 aromatic carbocycles. The van der Waals surface area contributed by atoms with E-state index in [1.165, 1.54) is 0 Å². The van der Waals surface area contributed by atoms with E-state index in [2.05, 4.69) is 46.4 Å². The lowest BCUT2D eigenvalue weighted by atomic mass is 10.1. The van der Waals surface area contributed by atoms with E-state index in [-0.39, 0.29) is 0 Å². The molecule has 0 aliphatic heterocycles. The van der Waals surface area contributed by atoms with Crippen LogP contribution < -0.4 is 10.6 Å². The molecular weight excluding hydrogens is 314 g/mol. The maximum atomic E-state index is 5.60. The topological polar surface area (TPSA) is 74.3 Å². The van der Waals surface area contributed by atoms with E-state index in [0.29, 0.717) is 19.1 Å². The van der Waals surface area contributed by atoms with Crippen LogP contribution >= 0.6 is 0 Å². The summed E-state index contributed by atoms with van der Waals surface area (Å²) in [5, 5.41) is 6.60. The number of guanidine groups is 1. The number of imidazole rings is 1. The molecule has 6 heteroatoms. The van der Waals surface area contributed by atoms with Crippen molar-refractivity contribution in [2.75, 3.05) is 32.8 Å². The number of rotatable bonds is 10. The van der Waals surface area contributed by atoms with Crippen LogP contribution in [0.2, 0.25) is 0 Å². The van der Waals surface area contributed by atoms with E-state index in [0.717, 1.165) is 55.4 Å². The first-order chi connectivity index (χ1) is 12.2. The molecule has 0 amide bonds. The zero-order valence-corrected chi connectivity index (χ0v) is 15.6. The second-order valence-electron chi connectivity index (χ2n) is 6.43. The highest BCUT2D eigenvalue weighted by atomic mass is 16.5. The third-order valence-electron chi connectivity index (χ3n) is 3.78. The zero-order chi connectivity index (χ0) is 17.9. The highest BCUT2D eigenvalue weighted by Crippen LogP contribution is 2.10. The molecule has 0 unspecified atom stereocenters. The normalized spacial score (nSPS) is 12.1. The first kappa shape index (κ1) is 19.2. The fraction of sp³-hybridized carbons (Fsp3) is 0.579. The Hall–Kier alpha value is -2.08. The summed E-state index contributed by atoms with van der Waals surface area (Å²) >= 11 is 0. The van der Waals surface area contributed by atoms with Crippen molar-refractivity contribution in [1.82, 2.24) is 20.6 Å². The maximum absolute atomic E-state index is 5.60. The average molecular weight is 345 g/mol. The molecule has 0 atom stereocenters. The zero-order valence-electron chi connectivity index (χ0n) is 15.6. The Morgan fingerprint density at radius 2 is 2.08 bits per heavy atom. The summed E-state index contributed by atoms with van der Waals surface area (Å²) in [4.78, 5) is 12.5. The van der Waals surface area contributed by atoms with Crippen LogP contribution in [0, 0.1) is 5.92 Å². The SMILES string of the molecule is CCNC(=NCCOCCC(C)C)NCCc1nc2ccccc2[nH]1. The highest BCUT2D eigenvalue weighted by Gasteiger charge is 2.03. The van der Waals surface area contributed by atoms with Gasteiger partial charge >= 0.3 is 0 Å². The summed E-state index contributed by atoms with van der Waals surface area (Å²) in [6.45, 7) is 10.2.